The lowest BCUT2D eigenvalue weighted by Crippen LogP contribution is -2.55. The van der Waals surface area contributed by atoms with E-state index in [1.54, 1.807) is 36.4 Å². The van der Waals surface area contributed by atoms with Crippen molar-refractivity contribution in [1.29, 1.82) is 0 Å². The highest BCUT2D eigenvalue weighted by atomic mass is 16.2. The molecule has 8 nitrogen and oxygen atoms in total. The number of rotatable bonds is 15. The minimum atomic E-state index is -0.799. The molecular formula is C28H45N5O3. The summed E-state index contributed by atoms with van der Waals surface area (Å²) in [5, 5.41) is 5.71. The van der Waals surface area contributed by atoms with Crippen LogP contribution in [0.5, 0.6) is 0 Å². The summed E-state index contributed by atoms with van der Waals surface area (Å²) in [4.78, 5) is 39.7. The van der Waals surface area contributed by atoms with Gasteiger partial charge in [0.05, 0.1) is 12.1 Å². The first kappa shape index (κ1) is 31.1. The zero-order valence-electron chi connectivity index (χ0n) is 22.4. The van der Waals surface area contributed by atoms with E-state index in [2.05, 4.69) is 10.6 Å². The number of hydrogen-bond acceptors (Lipinski definition) is 6. The van der Waals surface area contributed by atoms with Crippen molar-refractivity contribution in [2.45, 2.75) is 78.4 Å². The summed E-state index contributed by atoms with van der Waals surface area (Å²) in [5.74, 6) is -0.925. The number of nitrogen functional groups attached to an aromatic ring is 1. The van der Waals surface area contributed by atoms with Crippen LogP contribution in [0.3, 0.4) is 0 Å². The van der Waals surface area contributed by atoms with Gasteiger partial charge < -0.3 is 27.8 Å². The summed E-state index contributed by atoms with van der Waals surface area (Å²) in [6, 6.07) is 4.75. The summed E-state index contributed by atoms with van der Waals surface area (Å²) in [5.41, 5.74) is 19.3. The molecule has 200 valence electrons. The fraction of sp³-hybridized carbons (Fsp3) is 0.536. The van der Waals surface area contributed by atoms with Crippen LogP contribution in [0.2, 0.25) is 0 Å². The van der Waals surface area contributed by atoms with Gasteiger partial charge in [0.1, 0.15) is 6.04 Å². The molecule has 1 aromatic rings. The van der Waals surface area contributed by atoms with Gasteiger partial charge in [-0.1, -0.05) is 58.1 Å². The number of allylic oxidation sites excluding steroid dienone is 3. The molecule has 0 saturated heterocycles. The van der Waals surface area contributed by atoms with Crippen LogP contribution < -0.4 is 27.8 Å². The van der Waals surface area contributed by atoms with Crippen molar-refractivity contribution in [2.75, 3.05) is 12.3 Å². The molecule has 8 heteroatoms. The van der Waals surface area contributed by atoms with Crippen molar-refractivity contribution in [3.8, 4) is 0 Å². The molecule has 0 bridgehead atoms. The van der Waals surface area contributed by atoms with Gasteiger partial charge in [-0.15, -0.1) is 0 Å². The van der Waals surface area contributed by atoms with Crippen LogP contribution in [0.1, 0.15) is 65.9 Å². The number of carbonyl (C=O) groups is 3. The summed E-state index contributed by atoms with van der Waals surface area (Å²) < 4.78 is 0. The maximum Gasteiger partial charge on any atom is 0.243 e. The molecule has 8 N–H and O–H groups in total. The number of unbranched alkanes of at least 4 members (excludes halogenated alkanes) is 1. The smallest absolute Gasteiger partial charge is 0.243 e. The molecule has 0 aliphatic carbocycles. The number of carbonyl (C=O) groups excluding carboxylic acids is 3. The predicted octanol–water partition coefficient (Wildman–Crippen LogP) is 2.93. The van der Waals surface area contributed by atoms with Gasteiger partial charge in [0.25, 0.3) is 0 Å². The molecule has 1 rings (SSSR count). The fourth-order valence-electron chi connectivity index (χ4n) is 3.67. The molecular weight excluding hydrogens is 454 g/mol. The first-order valence-corrected chi connectivity index (χ1v) is 12.8. The first-order chi connectivity index (χ1) is 17.0. The average molecular weight is 500 g/mol. The van der Waals surface area contributed by atoms with Crippen LogP contribution in [0.15, 0.2) is 42.5 Å². The molecule has 0 aromatic heterocycles. The van der Waals surface area contributed by atoms with Crippen LogP contribution >= 0.6 is 0 Å². The quantitative estimate of drug-likeness (QED) is 0.108. The Morgan fingerprint density at radius 2 is 1.56 bits per heavy atom. The molecule has 0 fully saturated rings. The van der Waals surface area contributed by atoms with Crippen molar-refractivity contribution < 1.29 is 14.4 Å². The maximum atomic E-state index is 13.7. The molecule has 3 atom stereocenters. The van der Waals surface area contributed by atoms with Gasteiger partial charge in [0.2, 0.25) is 11.8 Å². The third-order valence-electron chi connectivity index (χ3n) is 5.88. The second-order valence-corrected chi connectivity index (χ2v) is 9.90. The van der Waals surface area contributed by atoms with E-state index in [0.717, 1.165) is 6.42 Å². The fourth-order valence-corrected chi connectivity index (χ4v) is 3.67. The summed E-state index contributed by atoms with van der Waals surface area (Å²) in [6.45, 7) is 10.00. The normalized spacial score (nSPS) is 14.6. The Kier molecular flexibility index (Phi) is 13.7. The van der Waals surface area contributed by atoms with Gasteiger partial charge in [-0.2, -0.15) is 0 Å². The molecule has 36 heavy (non-hydrogen) atoms. The van der Waals surface area contributed by atoms with E-state index >= 15 is 0 Å². The standard InChI is InChI=1S/C28H45N5O3/c1-6-7-10-22(20-12-14-21(30)15-13-20)26(34)23(11-8-9-16-29)32-27(35)24(17-18(2)3)33-28(36)25(31)19(4)5/h6-7,10,12-15,18-19,23-25H,8-9,11,16-17,29-31H2,1-5H3,(H,32,35)(H,33,36)/t23-,24-,25+/m0/s1. The van der Waals surface area contributed by atoms with E-state index < -0.39 is 24.0 Å². The van der Waals surface area contributed by atoms with Crippen LogP contribution in [0.4, 0.5) is 5.69 Å². The van der Waals surface area contributed by atoms with Gasteiger partial charge in [-0.05, 0) is 68.7 Å². The Hall–Kier alpha value is -2.97. The second-order valence-electron chi connectivity index (χ2n) is 9.90. The van der Waals surface area contributed by atoms with E-state index in [4.69, 9.17) is 17.2 Å². The number of amides is 2. The Morgan fingerprint density at radius 1 is 0.944 bits per heavy atom. The highest BCUT2D eigenvalue weighted by Gasteiger charge is 2.30. The number of nitrogens with one attached hydrogen (secondary N) is 2. The molecule has 0 heterocycles. The second kappa shape index (κ2) is 15.9. The Labute approximate surface area is 216 Å². The van der Waals surface area contributed by atoms with E-state index in [9.17, 15) is 14.4 Å². The lowest BCUT2D eigenvalue weighted by molar-refractivity contribution is -0.131. The van der Waals surface area contributed by atoms with Crippen molar-refractivity contribution in [2.24, 2.45) is 23.3 Å². The highest BCUT2D eigenvalue weighted by molar-refractivity contribution is 6.24. The third-order valence-corrected chi connectivity index (χ3v) is 5.88. The maximum absolute atomic E-state index is 13.7. The van der Waals surface area contributed by atoms with Crippen molar-refractivity contribution >= 4 is 28.9 Å². The van der Waals surface area contributed by atoms with Gasteiger partial charge in [0, 0.05) is 11.3 Å². The monoisotopic (exact) mass is 499 g/mol. The van der Waals surface area contributed by atoms with Crippen molar-refractivity contribution in [3.63, 3.8) is 0 Å². The van der Waals surface area contributed by atoms with Crippen LogP contribution in [0, 0.1) is 11.8 Å². The number of nitrogens with two attached hydrogens (primary N) is 3. The highest BCUT2D eigenvalue weighted by Crippen LogP contribution is 2.21. The van der Waals surface area contributed by atoms with E-state index in [1.165, 1.54) is 0 Å². The summed E-state index contributed by atoms with van der Waals surface area (Å²) in [6.07, 6.45) is 7.61. The average Bonchev–Trinajstić information content (AvgIpc) is 2.83. The minimum Gasteiger partial charge on any atom is -0.399 e. The topological polar surface area (TPSA) is 153 Å². The van der Waals surface area contributed by atoms with Gasteiger partial charge in [-0.3, -0.25) is 14.4 Å². The van der Waals surface area contributed by atoms with Crippen LogP contribution in [-0.4, -0.2) is 42.3 Å². The Morgan fingerprint density at radius 3 is 2.08 bits per heavy atom. The van der Waals surface area contributed by atoms with Crippen molar-refractivity contribution in [1.82, 2.24) is 10.6 Å². The van der Waals surface area contributed by atoms with Gasteiger partial charge in [-0.25, -0.2) is 0 Å². The molecule has 1 aromatic carbocycles. The molecule has 0 aliphatic heterocycles. The molecule has 0 saturated carbocycles. The largest absolute Gasteiger partial charge is 0.399 e. The zero-order chi connectivity index (χ0) is 27.3. The third kappa shape index (κ3) is 10.3. The summed E-state index contributed by atoms with van der Waals surface area (Å²) >= 11 is 0. The predicted molar refractivity (Wildman–Crippen MR) is 148 cm³/mol. The SMILES string of the molecule is CC=CC=C(C(=O)[C@H](CCCCN)NC(=O)[C@H](CC(C)C)NC(=O)[C@H](N)C(C)C)c1ccc(N)cc1. The van der Waals surface area contributed by atoms with Gasteiger partial charge in [0.15, 0.2) is 5.78 Å². The molecule has 0 aliphatic rings. The van der Waals surface area contributed by atoms with E-state index in [-0.39, 0.29) is 23.5 Å². The Bertz CT molecular complexity index is 906. The first-order valence-electron chi connectivity index (χ1n) is 12.8. The molecule has 0 spiro atoms. The molecule has 2 amide bonds. The zero-order valence-corrected chi connectivity index (χ0v) is 22.4. The lowest BCUT2D eigenvalue weighted by atomic mass is 9.92. The lowest BCUT2D eigenvalue weighted by Gasteiger charge is -2.26. The number of anilines is 1. The van der Waals surface area contributed by atoms with Crippen molar-refractivity contribution in [3.05, 3.63) is 48.1 Å². The molecule has 0 radical (unpaired) electrons. The molecule has 0 unspecified atom stereocenters. The van der Waals surface area contributed by atoms with Crippen LogP contribution in [-0.2, 0) is 14.4 Å². The van der Waals surface area contributed by atoms with E-state index in [1.807, 2.05) is 40.7 Å². The number of Topliss-reactive ketones (excluding diaryl/α,β-unsaturated/α-hetero) is 1. The van der Waals surface area contributed by atoms with E-state index in [0.29, 0.717) is 42.6 Å². The van der Waals surface area contributed by atoms with Crippen LogP contribution in [0.25, 0.3) is 5.57 Å². The summed E-state index contributed by atoms with van der Waals surface area (Å²) in [7, 11) is 0. The number of benzene rings is 1. The van der Waals surface area contributed by atoms with Gasteiger partial charge >= 0.3 is 0 Å². The number of hydrogen-bond donors (Lipinski definition) is 5. The minimum absolute atomic E-state index is 0.0717. The Balaban J connectivity index is 3.26. The number of ketones is 1.